The highest BCUT2D eigenvalue weighted by Gasteiger charge is 2.23. The third kappa shape index (κ3) is 9.27. The number of carbonyl (C=O) groups excluding carboxylic acids is 2. The molecular formula is C32H40BrN5O4. The Balaban J connectivity index is 1.35. The van der Waals surface area contributed by atoms with E-state index in [1.54, 1.807) is 19.5 Å². The van der Waals surface area contributed by atoms with Crippen molar-refractivity contribution in [1.82, 2.24) is 20.3 Å². The van der Waals surface area contributed by atoms with E-state index < -0.39 is 12.0 Å². The van der Waals surface area contributed by atoms with Gasteiger partial charge in [-0.3, -0.25) is 19.6 Å². The van der Waals surface area contributed by atoms with Crippen LogP contribution in [-0.4, -0.2) is 72.7 Å². The molecule has 2 amide bonds. The Bertz CT molecular complexity index is 1230. The SMILES string of the molecule is CCCCC(CN1CCN(c2ccc(Br)c(C(=O)NOC(=O)N(Cc3ccccc3)Cc3cccnc3)c2)CC1)OC. The average Bonchev–Trinajstić information content (AvgIpc) is 3.03. The molecule has 0 saturated carbocycles. The standard InChI is InChI=1S/C32H40BrN5O4/c1-3-4-12-28(41-2)24-36-16-18-37(19-17-36)27-13-14-30(33)29(20-27)31(39)35-42-32(40)38(22-25-9-6-5-7-10-25)23-26-11-8-15-34-21-26/h5-11,13-15,20-21,28H,3-4,12,16-19,22-24H2,1-2H3,(H,35,39). The molecule has 1 aliphatic rings. The molecule has 0 aliphatic carbocycles. The van der Waals surface area contributed by atoms with Crippen molar-refractivity contribution in [2.45, 2.75) is 45.4 Å². The molecule has 1 saturated heterocycles. The number of ether oxygens (including phenoxy) is 1. The number of rotatable bonds is 12. The minimum Gasteiger partial charge on any atom is -0.380 e. The molecule has 42 heavy (non-hydrogen) atoms. The van der Waals surface area contributed by atoms with Crippen LogP contribution in [0.2, 0.25) is 0 Å². The smallest absolute Gasteiger partial charge is 0.380 e. The number of unbranched alkanes of at least 4 members (excludes halogenated alkanes) is 1. The van der Waals surface area contributed by atoms with E-state index in [4.69, 9.17) is 9.57 Å². The molecule has 1 aromatic heterocycles. The molecule has 2 aromatic carbocycles. The Labute approximate surface area is 256 Å². The maximum atomic E-state index is 13.1. The van der Waals surface area contributed by atoms with E-state index in [9.17, 15) is 9.59 Å². The number of carbonyl (C=O) groups is 2. The van der Waals surface area contributed by atoms with E-state index in [0.29, 0.717) is 16.6 Å². The Morgan fingerprint density at radius 3 is 2.45 bits per heavy atom. The molecule has 9 nitrogen and oxygen atoms in total. The lowest BCUT2D eigenvalue weighted by molar-refractivity contribution is 0.0396. The van der Waals surface area contributed by atoms with Crippen LogP contribution in [0.1, 0.15) is 47.7 Å². The predicted octanol–water partition coefficient (Wildman–Crippen LogP) is 5.66. The predicted molar refractivity (Wildman–Crippen MR) is 167 cm³/mol. The van der Waals surface area contributed by atoms with Crippen molar-refractivity contribution in [3.63, 3.8) is 0 Å². The van der Waals surface area contributed by atoms with Crippen LogP contribution in [0.3, 0.4) is 0 Å². The zero-order valence-corrected chi connectivity index (χ0v) is 26.0. The second kappa shape index (κ2) is 16.2. The molecule has 224 valence electrons. The van der Waals surface area contributed by atoms with Gasteiger partial charge in [0.2, 0.25) is 0 Å². The molecule has 1 N–H and O–H groups in total. The maximum absolute atomic E-state index is 13.1. The normalized spacial score (nSPS) is 14.3. The topological polar surface area (TPSA) is 87.2 Å². The van der Waals surface area contributed by atoms with Gasteiger partial charge in [-0.2, -0.15) is 5.48 Å². The van der Waals surface area contributed by atoms with Crippen LogP contribution in [-0.2, 0) is 22.7 Å². The number of pyridine rings is 1. The lowest BCUT2D eigenvalue weighted by Gasteiger charge is -2.37. The number of hydrogen-bond donors (Lipinski definition) is 1. The van der Waals surface area contributed by atoms with Gasteiger partial charge in [0.05, 0.1) is 18.2 Å². The summed E-state index contributed by atoms with van der Waals surface area (Å²) in [7, 11) is 1.80. The molecule has 0 spiro atoms. The monoisotopic (exact) mass is 637 g/mol. The number of hydroxylamine groups is 1. The first kappa shape index (κ1) is 31.5. The highest BCUT2D eigenvalue weighted by molar-refractivity contribution is 9.10. The third-order valence-electron chi connectivity index (χ3n) is 7.41. The summed E-state index contributed by atoms with van der Waals surface area (Å²) in [6.45, 7) is 7.30. The summed E-state index contributed by atoms with van der Waals surface area (Å²) in [6, 6.07) is 19.0. The van der Waals surface area contributed by atoms with E-state index in [2.05, 4.69) is 43.1 Å². The molecule has 1 atom stereocenters. The van der Waals surface area contributed by atoms with Crippen LogP contribution in [0.5, 0.6) is 0 Å². The molecule has 0 bridgehead atoms. The molecular weight excluding hydrogens is 598 g/mol. The largest absolute Gasteiger partial charge is 0.434 e. The van der Waals surface area contributed by atoms with Crippen molar-refractivity contribution < 1.29 is 19.2 Å². The number of methoxy groups -OCH3 is 1. The summed E-state index contributed by atoms with van der Waals surface area (Å²) >= 11 is 3.49. The number of nitrogens with zero attached hydrogens (tertiary/aromatic N) is 4. The van der Waals surface area contributed by atoms with Gasteiger partial charge in [-0.1, -0.05) is 56.2 Å². The van der Waals surface area contributed by atoms with Crippen LogP contribution in [0.25, 0.3) is 0 Å². The van der Waals surface area contributed by atoms with Gasteiger partial charge in [0, 0.05) is 68.9 Å². The minimum atomic E-state index is -0.659. The van der Waals surface area contributed by atoms with Crippen LogP contribution >= 0.6 is 15.9 Å². The summed E-state index contributed by atoms with van der Waals surface area (Å²) in [5, 5.41) is 0. The van der Waals surface area contributed by atoms with Gasteiger partial charge in [-0.05, 0) is 57.7 Å². The summed E-state index contributed by atoms with van der Waals surface area (Å²) in [4.78, 5) is 41.9. The van der Waals surface area contributed by atoms with Gasteiger partial charge < -0.3 is 14.5 Å². The van der Waals surface area contributed by atoms with Crippen LogP contribution < -0.4 is 10.4 Å². The summed E-state index contributed by atoms with van der Waals surface area (Å²) < 4.78 is 6.31. The quantitative estimate of drug-likeness (QED) is 0.257. The fourth-order valence-electron chi connectivity index (χ4n) is 4.99. The van der Waals surface area contributed by atoms with Gasteiger partial charge in [0.1, 0.15) is 0 Å². The molecule has 4 rings (SSSR count). The lowest BCUT2D eigenvalue weighted by atomic mass is 10.1. The van der Waals surface area contributed by atoms with Crippen LogP contribution in [0.4, 0.5) is 10.5 Å². The Morgan fingerprint density at radius 2 is 1.76 bits per heavy atom. The zero-order valence-electron chi connectivity index (χ0n) is 24.4. The highest BCUT2D eigenvalue weighted by atomic mass is 79.9. The first-order valence-electron chi connectivity index (χ1n) is 14.5. The second-order valence-corrected chi connectivity index (χ2v) is 11.3. The fourth-order valence-corrected chi connectivity index (χ4v) is 5.41. The Morgan fingerprint density at radius 1 is 1.02 bits per heavy atom. The van der Waals surface area contributed by atoms with Crippen molar-refractivity contribution >= 4 is 33.6 Å². The molecule has 1 unspecified atom stereocenters. The molecule has 3 aromatic rings. The first-order chi connectivity index (χ1) is 20.5. The van der Waals surface area contributed by atoms with Gasteiger partial charge in [-0.25, -0.2) is 4.79 Å². The number of hydrogen-bond acceptors (Lipinski definition) is 7. The fraction of sp³-hybridized carbons (Fsp3) is 0.406. The van der Waals surface area contributed by atoms with Crippen molar-refractivity contribution in [1.29, 1.82) is 0 Å². The number of amides is 2. The minimum absolute atomic E-state index is 0.259. The van der Waals surface area contributed by atoms with E-state index in [1.165, 1.54) is 17.7 Å². The van der Waals surface area contributed by atoms with Crippen molar-refractivity contribution in [2.24, 2.45) is 0 Å². The number of aromatic nitrogens is 1. The van der Waals surface area contributed by atoms with E-state index in [-0.39, 0.29) is 12.6 Å². The number of nitrogens with one attached hydrogen (secondary N) is 1. The average molecular weight is 639 g/mol. The molecule has 10 heteroatoms. The van der Waals surface area contributed by atoms with Gasteiger partial charge in [0.15, 0.2) is 0 Å². The molecule has 0 radical (unpaired) electrons. The number of piperazine rings is 1. The van der Waals surface area contributed by atoms with Crippen molar-refractivity contribution in [2.75, 3.05) is 44.7 Å². The Hall–Kier alpha value is -3.47. The van der Waals surface area contributed by atoms with Crippen molar-refractivity contribution in [3.05, 3.63) is 94.2 Å². The number of anilines is 1. The zero-order chi connectivity index (χ0) is 29.7. The summed E-state index contributed by atoms with van der Waals surface area (Å²) in [5.74, 6) is -0.504. The molecule has 2 heterocycles. The van der Waals surface area contributed by atoms with E-state index in [0.717, 1.165) is 56.0 Å². The lowest BCUT2D eigenvalue weighted by Crippen LogP contribution is -2.48. The number of halogens is 1. The van der Waals surface area contributed by atoms with E-state index >= 15 is 0 Å². The van der Waals surface area contributed by atoms with Crippen LogP contribution in [0, 0.1) is 0 Å². The van der Waals surface area contributed by atoms with Gasteiger partial charge in [-0.15, -0.1) is 0 Å². The third-order valence-corrected chi connectivity index (χ3v) is 8.10. The maximum Gasteiger partial charge on any atom is 0.434 e. The van der Waals surface area contributed by atoms with Crippen molar-refractivity contribution in [3.8, 4) is 0 Å². The highest BCUT2D eigenvalue weighted by Crippen LogP contribution is 2.25. The Kier molecular flexibility index (Phi) is 12.2. The molecule has 1 aliphatic heterocycles. The first-order valence-corrected chi connectivity index (χ1v) is 15.2. The van der Waals surface area contributed by atoms with Gasteiger partial charge >= 0.3 is 6.09 Å². The number of benzene rings is 2. The summed E-state index contributed by atoms with van der Waals surface area (Å²) in [5.41, 5.74) is 5.50. The van der Waals surface area contributed by atoms with Gasteiger partial charge in [0.25, 0.3) is 5.91 Å². The van der Waals surface area contributed by atoms with Crippen LogP contribution in [0.15, 0.2) is 77.5 Å². The molecule has 1 fully saturated rings. The van der Waals surface area contributed by atoms with E-state index in [1.807, 2.05) is 60.7 Å². The summed E-state index contributed by atoms with van der Waals surface area (Å²) in [6.07, 6.45) is 6.41. The second-order valence-electron chi connectivity index (χ2n) is 10.5.